The number of aryl methyl sites for hydroxylation is 2. The van der Waals surface area contributed by atoms with Crippen molar-refractivity contribution >= 4 is 62.1 Å². The summed E-state index contributed by atoms with van der Waals surface area (Å²) in [6, 6.07) is 17.3. The first-order valence-corrected chi connectivity index (χ1v) is 19.2. The van der Waals surface area contributed by atoms with Crippen molar-refractivity contribution in [3.63, 3.8) is 0 Å². The number of halogens is 7. The molecule has 8 rings (SSSR count). The van der Waals surface area contributed by atoms with Crippen LogP contribution in [0.1, 0.15) is 0 Å². The van der Waals surface area contributed by atoms with Crippen molar-refractivity contribution in [3.05, 3.63) is 135 Å². The molecule has 0 spiro atoms. The number of nitrogen functional groups attached to an aromatic ring is 1. The summed E-state index contributed by atoms with van der Waals surface area (Å²) in [4.78, 5) is 35.9. The highest BCUT2D eigenvalue weighted by molar-refractivity contribution is 6.28. The van der Waals surface area contributed by atoms with Crippen molar-refractivity contribution in [2.45, 2.75) is 13.2 Å². The predicted molar refractivity (Wildman–Crippen MR) is 233 cm³/mol. The minimum Gasteiger partial charge on any atom is -0.497 e. The maximum atomic E-state index is 13.9. The number of nitro benzene ring substituents is 2. The van der Waals surface area contributed by atoms with E-state index in [-0.39, 0.29) is 16.9 Å². The summed E-state index contributed by atoms with van der Waals surface area (Å²) in [5.41, 5.74) is 7.70. The number of fused-ring (bicyclic) bond motifs is 2. The summed E-state index contributed by atoms with van der Waals surface area (Å²) in [6.45, 7) is -6.44. The van der Waals surface area contributed by atoms with Crippen LogP contribution in [-0.4, -0.2) is 66.4 Å². The van der Waals surface area contributed by atoms with Gasteiger partial charge in [-0.05, 0) is 48.0 Å². The van der Waals surface area contributed by atoms with Gasteiger partial charge < -0.3 is 39.1 Å². The third-order valence-corrected chi connectivity index (χ3v) is 9.61. The molecule has 0 atom stereocenters. The fourth-order valence-electron chi connectivity index (χ4n) is 6.44. The Morgan fingerprint density at radius 3 is 1.66 bits per heavy atom. The fourth-order valence-corrected chi connectivity index (χ4v) is 6.58. The molecule has 67 heavy (non-hydrogen) atoms. The van der Waals surface area contributed by atoms with Gasteiger partial charge in [0, 0.05) is 97.2 Å². The molecule has 348 valence electrons. The SMILES string of the molecule is COc1ccc2c(-c3ccnc(Cl)n3)cn(C)c2c1.COc1ccc2c(-c3ccnc(Nc4cc([N+](=O)[O-])c(F)cc4OC(F)F)n3)cn(C)c2c1.Nc1cc([N+](=O)[O-])c(F)cc1OC(F)F. The Balaban J connectivity index is 0.000000184. The van der Waals surface area contributed by atoms with Crippen molar-refractivity contribution in [2.75, 3.05) is 25.3 Å². The van der Waals surface area contributed by atoms with E-state index in [9.17, 15) is 46.6 Å². The van der Waals surface area contributed by atoms with E-state index in [1.807, 2.05) is 72.0 Å². The van der Waals surface area contributed by atoms with E-state index in [2.05, 4.69) is 34.7 Å². The molecule has 4 aromatic heterocycles. The Morgan fingerprint density at radius 2 is 1.16 bits per heavy atom. The van der Waals surface area contributed by atoms with E-state index in [1.54, 1.807) is 32.5 Å². The molecule has 0 saturated heterocycles. The van der Waals surface area contributed by atoms with Crippen LogP contribution in [0.5, 0.6) is 23.0 Å². The van der Waals surface area contributed by atoms with Gasteiger partial charge in [-0.3, -0.25) is 20.2 Å². The third kappa shape index (κ3) is 11.3. The molecule has 3 N–H and O–H groups in total. The Morgan fingerprint density at radius 1 is 0.687 bits per heavy atom. The van der Waals surface area contributed by atoms with Gasteiger partial charge in [0.15, 0.2) is 11.5 Å². The molecule has 25 heteroatoms. The zero-order chi connectivity index (χ0) is 48.7. The summed E-state index contributed by atoms with van der Waals surface area (Å²) in [7, 11) is 7.08. The van der Waals surface area contributed by atoms with Gasteiger partial charge in [0.2, 0.25) is 22.9 Å². The summed E-state index contributed by atoms with van der Waals surface area (Å²) >= 11 is 5.85. The molecule has 0 radical (unpaired) electrons. The van der Waals surface area contributed by atoms with Crippen LogP contribution in [0.4, 0.5) is 55.0 Å². The molecule has 0 aliphatic carbocycles. The van der Waals surface area contributed by atoms with Crippen LogP contribution in [-0.2, 0) is 14.1 Å². The highest BCUT2D eigenvalue weighted by Crippen LogP contribution is 2.37. The number of nitrogens with two attached hydrogens (primary N) is 1. The minimum absolute atomic E-state index is 0.0574. The number of benzene rings is 4. The highest BCUT2D eigenvalue weighted by atomic mass is 35.5. The third-order valence-electron chi connectivity index (χ3n) is 9.43. The van der Waals surface area contributed by atoms with Crippen LogP contribution in [0.3, 0.4) is 0 Å². The molecular formula is C42H33ClF6N10O8. The molecule has 4 aromatic carbocycles. The number of alkyl halides is 4. The molecule has 0 saturated carbocycles. The number of ether oxygens (including phenoxy) is 4. The van der Waals surface area contributed by atoms with Crippen LogP contribution in [0.15, 0.2) is 97.6 Å². The average molecular weight is 955 g/mol. The number of nitrogens with one attached hydrogen (secondary N) is 1. The first-order valence-electron chi connectivity index (χ1n) is 18.8. The number of nitro groups is 2. The molecule has 0 aliphatic heterocycles. The molecule has 8 aromatic rings. The normalized spacial score (nSPS) is 10.9. The fraction of sp³-hybridized carbons (Fsp3) is 0.143. The molecular weight excluding hydrogens is 922 g/mol. The largest absolute Gasteiger partial charge is 0.497 e. The molecule has 4 heterocycles. The van der Waals surface area contributed by atoms with E-state index in [4.69, 9.17) is 26.8 Å². The van der Waals surface area contributed by atoms with E-state index < -0.39 is 63.3 Å². The summed E-state index contributed by atoms with van der Waals surface area (Å²) in [5, 5.41) is 26.2. The summed E-state index contributed by atoms with van der Waals surface area (Å²) in [6.07, 6.45) is 6.97. The smallest absolute Gasteiger partial charge is 0.387 e. The lowest BCUT2D eigenvalue weighted by molar-refractivity contribution is -0.387. The van der Waals surface area contributed by atoms with Gasteiger partial charge in [0.25, 0.3) is 0 Å². The number of nitrogens with zero attached hydrogens (tertiary/aromatic N) is 8. The van der Waals surface area contributed by atoms with Gasteiger partial charge in [0.1, 0.15) is 11.5 Å². The number of rotatable bonds is 12. The molecule has 0 aliphatic rings. The Kier molecular flexibility index (Phi) is 14.8. The number of methoxy groups -OCH3 is 2. The molecule has 18 nitrogen and oxygen atoms in total. The van der Waals surface area contributed by atoms with E-state index in [0.717, 1.165) is 50.4 Å². The zero-order valence-corrected chi connectivity index (χ0v) is 35.7. The van der Waals surface area contributed by atoms with Crippen molar-refractivity contribution in [2.24, 2.45) is 14.1 Å². The van der Waals surface area contributed by atoms with Crippen LogP contribution < -0.4 is 30.0 Å². The minimum atomic E-state index is -3.27. The van der Waals surface area contributed by atoms with E-state index >= 15 is 0 Å². The van der Waals surface area contributed by atoms with E-state index in [1.165, 1.54) is 6.20 Å². The Bertz CT molecular complexity index is 3120. The van der Waals surface area contributed by atoms with Crippen LogP contribution in [0.25, 0.3) is 44.3 Å². The Labute approximate surface area is 378 Å². The molecule has 0 amide bonds. The first kappa shape index (κ1) is 48.1. The van der Waals surface area contributed by atoms with Gasteiger partial charge in [-0.25, -0.2) is 19.9 Å². The molecule has 0 fully saturated rings. The number of aromatic nitrogens is 6. The van der Waals surface area contributed by atoms with Crippen LogP contribution in [0, 0.1) is 31.9 Å². The van der Waals surface area contributed by atoms with Gasteiger partial charge >= 0.3 is 24.6 Å². The highest BCUT2D eigenvalue weighted by Gasteiger charge is 2.23. The zero-order valence-electron chi connectivity index (χ0n) is 35.0. The number of hydrogen-bond donors (Lipinski definition) is 2. The Hall–Kier alpha value is -8.41. The quantitative estimate of drug-likeness (QED) is 0.0382. The van der Waals surface area contributed by atoms with Gasteiger partial charge in [0.05, 0.1) is 57.9 Å². The number of anilines is 3. The lowest BCUT2D eigenvalue weighted by Crippen LogP contribution is -2.07. The van der Waals surface area contributed by atoms with Crippen molar-refractivity contribution < 1.29 is 55.1 Å². The summed E-state index contributed by atoms with van der Waals surface area (Å²) < 4.78 is 98.5. The maximum Gasteiger partial charge on any atom is 0.387 e. The number of hydrogen-bond acceptors (Lipinski definition) is 14. The predicted octanol–water partition coefficient (Wildman–Crippen LogP) is 10.3. The lowest BCUT2D eigenvalue weighted by atomic mass is 10.1. The monoisotopic (exact) mass is 954 g/mol. The second-order valence-electron chi connectivity index (χ2n) is 13.6. The van der Waals surface area contributed by atoms with Crippen LogP contribution in [0.2, 0.25) is 5.28 Å². The maximum absolute atomic E-state index is 13.9. The second-order valence-corrected chi connectivity index (χ2v) is 13.9. The van der Waals surface area contributed by atoms with E-state index in [0.29, 0.717) is 29.6 Å². The second kappa shape index (κ2) is 20.6. The average Bonchev–Trinajstić information content (AvgIpc) is 3.80. The first-order chi connectivity index (χ1) is 31.9. The van der Waals surface area contributed by atoms with Crippen LogP contribution >= 0.6 is 11.6 Å². The topological polar surface area (TPSA) is 223 Å². The summed E-state index contributed by atoms with van der Waals surface area (Å²) in [5.74, 6) is -2.40. The molecule has 0 unspecified atom stereocenters. The molecule has 0 bridgehead atoms. The van der Waals surface area contributed by atoms with Crippen molar-refractivity contribution in [3.8, 4) is 45.5 Å². The van der Waals surface area contributed by atoms with Crippen molar-refractivity contribution in [1.82, 2.24) is 29.1 Å². The van der Waals surface area contributed by atoms with Crippen molar-refractivity contribution in [1.29, 1.82) is 0 Å². The standard InChI is InChI=1S/C21H16F3N5O4.C14H12ClN3O.C7H5F3N2O3/c1-28-10-13(12-4-3-11(32-2)7-17(12)28)15-5-6-25-21(26-15)27-16-9-18(29(30)31)14(22)8-19(16)33-20(23)24;1-18-8-11(12-5-6-16-14(15)17-12)10-4-3-9(19-2)7-13(10)18;8-3-1-6(15-7(9)10)4(11)2-5(3)12(13)14/h3-10,20H,1-2H3,(H,25,26,27);3-8H,1-2H3;1-2,7H,11H2. The van der Waals surface area contributed by atoms with Gasteiger partial charge in [-0.2, -0.15) is 26.3 Å². The van der Waals surface area contributed by atoms with Gasteiger partial charge in [-0.1, -0.05) is 0 Å². The lowest BCUT2D eigenvalue weighted by Gasteiger charge is -2.12. The van der Waals surface area contributed by atoms with Gasteiger partial charge in [-0.15, -0.1) is 0 Å².